The van der Waals surface area contributed by atoms with Gasteiger partial charge in [0.05, 0.1) is 6.54 Å². The van der Waals surface area contributed by atoms with Crippen LogP contribution in [0.2, 0.25) is 0 Å². The summed E-state index contributed by atoms with van der Waals surface area (Å²) < 4.78 is 0. The fourth-order valence-electron chi connectivity index (χ4n) is 1.71. The normalized spacial score (nSPS) is 10.3. The van der Waals surface area contributed by atoms with Gasteiger partial charge in [-0.2, -0.15) is 0 Å². The number of nitrogens with zero attached hydrogens (tertiary/aromatic N) is 1. The number of nitrogens with two attached hydrogens (primary N) is 1. The van der Waals surface area contributed by atoms with Gasteiger partial charge in [-0.25, -0.2) is 0 Å². The Morgan fingerprint density at radius 1 is 1.30 bits per heavy atom. The van der Waals surface area contributed by atoms with E-state index in [0.717, 1.165) is 0 Å². The summed E-state index contributed by atoms with van der Waals surface area (Å²) in [6.45, 7) is 3.30. The van der Waals surface area contributed by atoms with Crippen LogP contribution < -0.4 is 16.4 Å². The molecule has 4 N–H and O–H groups in total. The summed E-state index contributed by atoms with van der Waals surface area (Å²) in [5, 5.41) is 5.49. The van der Waals surface area contributed by atoms with E-state index in [1.165, 1.54) is 0 Å². The maximum absolute atomic E-state index is 11.8. The predicted octanol–water partition coefficient (Wildman–Crippen LogP) is 0.665. The molecule has 0 saturated heterocycles. The Labute approximate surface area is 119 Å². The van der Waals surface area contributed by atoms with Gasteiger partial charge in [0.1, 0.15) is 0 Å². The maximum Gasteiger partial charge on any atom is 0.234 e. The molecule has 0 bridgehead atoms. The van der Waals surface area contributed by atoms with E-state index in [1.54, 1.807) is 24.3 Å². The summed E-state index contributed by atoms with van der Waals surface area (Å²) in [5.74, 6) is -0.135. The van der Waals surface area contributed by atoms with Crippen molar-refractivity contribution >= 4 is 23.2 Å². The van der Waals surface area contributed by atoms with E-state index in [0.29, 0.717) is 37.4 Å². The Kier molecular flexibility index (Phi) is 6.52. The van der Waals surface area contributed by atoms with E-state index in [1.807, 2.05) is 18.9 Å². The van der Waals surface area contributed by atoms with Crippen molar-refractivity contribution in [2.45, 2.75) is 13.3 Å². The molecule has 1 rings (SSSR count). The molecule has 110 valence electrons. The second-order valence-electron chi connectivity index (χ2n) is 4.61. The van der Waals surface area contributed by atoms with Gasteiger partial charge in [0.15, 0.2) is 0 Å². The van der Waals surface area contributed by atoms with Crippen molar-refractivity contribution in [3.8, 4) is 0 Å². The van der Waals surface area contributed by atoms with Gasteiger partial charge in [0, 0.05) is 30.9 Å². The molecule has 0 aliphatic heterocycles. The fraction of sp³-hybridized carbons (Fsp3) is 0.429. The van der Waals surface area contributed by atoms with Gasteiger partial charge in [-0.15, -0.1) is 0 Å². The van der Waals surface area contributed by atoms with Crippen molar-refractivity contribution in [3.05, 3.63) is 24.3 Å². The van der Waals surface area contributed by atoms with Crippen LogP contribution in [-0.2, 0) is 9.59 Å². The van der Waals surface area contributed by atoms with Crippen LogP contribution in [0.15, 0.2) is 24.3 Å². The Bertz CT molecular complexity index is 462. The molecule has 1 aromatic rings. The first-order valence-electron chi connectivity index (χ1n) is 6.62. The molecular formula is C14H22N4O2. The molecule has 6 heteroatoms. The number of hydrogen-bond donors (Lipinski definition) is 3. The second kappa shape index (κ2) is 8.16. The standard InChI is InChI=1S/C14H22N4O2/c1-3-16-14(20)10-18(2)8-7-13(19)17-12-6-4-5-11(15)9-12/h4-6,9H,3,7-8,10,15H2,1-2H3,(H,16,20)(H,17,19). The molecule has 0 radical (unpaired) electrons. The Balaban J connectivity index is 2.31. The summed E-state index contributed by atoms with van der Waals surface area (Å²) in [6.07, 6.45) is 0.324. The van der Waals surface area contributed by atoms with Gasteiger partial charge in [-0.05, 0) is 32.2 Å². The zero-order valence-electron chi connectivity index (χ0n) is 12.0. The van der Waals surface area contributed by atoms with Gasteiger partial charge in [-0.3, -0.25) is 14.5 Å². The van der Waals surface area contributed by atoms with Crippen molar-refractivity contribution in [2.24, 2.45) is 0 Å². The number of nitrogen functional groups attached to an aromatic ring is 1. The molecule has 6 nitrogen and oxygen atoms in total. The average molecular weight is 278 g/mol. The highest BCUT2D eigenvalue weighted by Gasteiger charge is 2.08. The minimum Gasteiger partial charge on any atom is -0.399 e. The van der Waals surface area contributed by atoms with E-state index in [9.17, 15) is 9.59 Å². The maximum atomic E-state index is 11.8. The smallest absolute Gasteiger partial charge is 0.234 e. The van der Waals surface area contributed by atoms with E-state index >= 15 is 0 Å². The third-order valence-electron chi connectivity index (χ3n) is 2.68. The molecular weight excluding hydrogens is 256 g/mol. The summed E-state index contributed by atoms with van der Waals surface area (Å²) in [7, 11) is 1.81. The van der Waals surface area contributed by atoms with Crippen LogP contribution in [0.4, 0.5) is 11.4 Å². The van der Waals surface area contributed by atoms with Gasteiger partial charge in [-0.1, -0.05) is 6.07 Å². The minimum atomic E-state index is -0.0988. The quantitative estimate of drug-likeness (QED) is 0.640. The first-order chi connectivity index (χ1) is 9.51. The summed E-state index contributed by atoms with van der Waals surface area (Å²) in [5.41, 5.74) is 6.93. The number of amides is 2. The van der Waals surface area contributed by atoms with E-state index in [2.05, 4.69) is 10.6 Å². The molecule has 2 amide bonds. The van der Waals surface area contributed by atoms with E-state index in [4.69, 9.17) is 5.73 Å². The highest BCUT2D eigenvalue weighted by molar-refractivity contribution is 5.91. The number of benzene rings is 1. The highest BCUT2D eigenvalue weighted by atomic mass is 16.2. The van der Waals surface area contributed by atoms with Crippen molar-refractivity contribution in [3.63, 3.8) is 0 Å². The van der Waals surface area contributed by atoms with Crippen LogP contribution in [0.5, 0.6) is 0 Å². The molecule has 0 saturated carbocycles. The molecule has 0 unspecified atom stereocenters. The monoisotopic (exact) mass is 278 g/mol. The lowest BCUT2D eigenvalue weighted by Crippen LogP contribution is -2.36. The summed E-state index contributed by atoms with van der Waals surface area (Å²) in [4.78, 5) is 24.9. The third kappa shape index (κ3) is 6.19. The van der Waals surface area contributed by atoms with E-state index < -0.39 is 0 Å². The van der Waals surface area contributed by atoms with Crippen LogP contribution in [0.25, 0.3) is 0 Å². The topological polar surface area (TPSA) is 87.5 Å². The number of nitrogens with one attached hydrogen (secondary N) is 2. The largest absolute Gasteiger partial charge is 0.399 e. The van der Waals surface area contributed by atoms with Crippen LogP contribution in [0.3, 0.4) is 0 Å². The SMILES string of the molecule is CCNC(=O)CN(C)CCC(=O)Nc1cccc(N)c1. The molecule has 0 aliphatic carbocycles. The number of anilines is 2. The van der Waals surface area contributed by atoms with E-state index in [-0.39, 0.29) is 11.8 Å². The molecule has 0 aromatic heterocycles. The number of carbonyl (C=O) groups is 2. The van der Waals surface area contributed by atoms with Crippen molar-refractivity contribution < 1.29 is 9.59 Å². The molecule has 0 heterocycles. The molecule has 1 aromatic carbocycles. The summed E-state index contributed by atoms with van der Waals surface area (Å²) in [6, 6.07) is 7.03. The Morgan fingerprint density at radius 3 is 2.70 bits per heavy atom. The lowest BCUT2D eigenvalue weighted by Gasteiger charge is -2.15. The highest BCUT2D eigenvalue weighted by Crippen LogP contribution is 2.11. The van der Waals surface area contributed by atoms with Crippen molar-refractivity contribution in [1.29, 1.82) is 0 Å². The molecule has 0 spiro atoms. The first kappa shape index (κ1) is 16.0. The third-order valence-corrected chi connectivity index (χ3v) is 2.68. The molecule has 0 fully saturated rings. The number of carbonyl (C=O) groups excluding carboxylic acids is 2. The van der Waals surface area contributed by atoms with Crippen LogP contribution >= 0.6 is 0 Å². The Hall–Kier alpha value is -2.08. The fourth-order valence-corrected chi connectivity index (χ4v) is 1.71. The van der Waals surface area contributed by atoms with Crippen LogP contribution in [0, 0.1) is 0 Å². The van der Waals surface area contributed by atoms with Gasteiger partial charge < -0.3 is 16.4 Å². The van der Waals surface area contributed by atoms with Crippen LogP contribution in [0.1, 0.15) is 13.3 Å². The minimum absolute atomic E-state index is 0.0359. The number of rotatable bonds is 7. The van der Waals surface area contributed by atoms with Gasteiger partial charge in [0.25, 0.3) is 0 Å². The summed E-state index contributed by atoms with van der Waals surface area (Å²) >= 11 is 0. The second-order valence-corrected chi connectivity index (χ2v) is 4.61. The number of hydrogen-bond acceptors (Lipinski definition) is 4. The lowest BCUT2D eigenvalue weighted by atomic mass is 10.2. The number of likely N-dealkylation sites (N-methyl/N-ethyl adjacent to an activating group) is 2. The zero-order chi connectivity index (χ0) is 15.0. The molecule has 0 aliphatic rings. The van der Waals surface area contributed by atoms with Gasteiger partial charge in [0.2, 0.25) is 11.8 Å². The van der Waals surface area contributed by atoms with Crippen LogP contribution in [-0.4, -0.2) is 43.4 Å². The molecule has 0 atom stereocenters. The molecule has 20 heavy (non-hydrogen) atoms. The first-order valence-corrected chi connectivity index (χ1v) is 6.62. The Morgan fingerprint density at radius 2 is 2.05 bits per heavy atom. The zero-order valence-corrected chi connectivity index (χ0v) is 12.0. The van der Waals surface area contributed by atoms with Crippen molar-refractivity contribution in [2.75, 3.05) is 37.7 Å². The lowest BCUT2D eigenvalue weighted by molar-refractivity contribution is -0.122. The predicted molar refractivity (Wildman–Crippen MR) is 80.3 cm³/mol. The average Bonchev–Trinajstić information content (AvgIpc) is 2.36. The van der Waals surface area contributed by atoms with Crippen molar-refractivity contribution in [1.82, 2.24) is 10.2 Å². The van der Waals surface area contributed by atoms with Gasteiger partial charge >= 0.3 is 0 Å².